The van der Waals surface area contributed by atoms with Gasteiger partial charge in [0.15, 0.2) is 11.5 Å². The van der Waals surface area contributed by atoms with E-state index >= 15 is 0 Å². The van der Waals surface area contributed by atoms with Crippen LogP contribution in [0.15, 0.2) is 18.2 Å². The van der Waals surface area contributed by atoms with Gasteiger partial charge in [-0.3, -0.25) is 14.4 Å². The molecule has 1 aliphatic rings. The van der Waals surface area contributed by atoms with Crippen molar-refractivity contribution in [2.75, 3.05) is 27.3 Å². The summed E-state index contributed by atoms with van der Waals surface area (Å²) in [7, 11) is 3.04. The number of piperidine rings is 1. The van der Waals surface area contributed by atoms with Gasteiger partial charge in [-0.1, -0.05) is 0 Å². The van der Waals surface area contributed by atoms with Gasteiger partial charge in [0.05, 0.1) is 14.2 Å². The van der Waals surface area contributed by atoms with Crippen molar-refractivity contribution in [1.29, 1.82) is 0 Å². The topological polar surface area (TPSA) is 105 Å². The molecule has 0 unspecified atom stereocenters. The van der Waals surface area contributed by atoms with Crippen LogP contribution in [0.1, 0.15) is 37.0 Å². The van der Waals surface area contributed by atoms with E-state index in [4.69, 9.17) is 14.6 Å². The van der Waals surface area contributed by atoms with Crippen molar-refractivity contribution in [3.63, 3.8) is 0 Å². The number of amides is 2. The fourth-order valence-electron chi connectivity index (χ4n) is 2.84. The van der Waals surface area contributed by atoms with Crippen molar-refractivity contribution >= 4 is 17.8 Å². The summed E-state index contributed by atoms with van der Waals surface area (Å²) in [5.41, 5.74) is -0.978. The zero-order valence-corrected chi connectivity index (χ0v) is 16.1. The highest BCUT2D eigenvalue weighted by atomic mass is 16.5. The number of aliphatic carboxylic acids is 1. The van der Waals surface area contributed by atoms with E-state index in [-0.39, 0.29) is 11.9 Å². The molecular formula is C19H26N2O6. The Bertz CT molecular complexity index is 723. The summed E-state index contributed by atoms with van der Waals surface area (Å²) in [4.78, 5) is 37.7. The molecule has 0 spiro atoms. The molecule has 8 heteroatoms. The number of nitrogens with one attached hydrogen (secondary N) is 1. The molecule has 2 N–H and O–H groups in total. The van der Waals surface area contributed by atoms with Crippen molar-refractivity contribution in [3.05, 3.63) is 23.8 Å². The van der Waals surface area contributed by atoms with Crippen molar-refractivity contribution in [1.82, 2.24) is 10.2 Å². The number of rotatable bonds is 6. The zero-order chi connectivity index (χ0) is 20.2. The first kappa shape index (κ1) is 20.5. The van der Waals surface area contributed by atoms with Crippen LogP contribution in [0.5, 0.6) is 11.5 Å². The minimum absolute atomic E-state index is 0.119. The van der Waals surface area contributed by atoms with E-state index in [0.717, 1.165) is 0 Å². The maximum absolute atomic E-state index is 12.7. The average molecular weight is 378 g/mol. The Labute approximate surface area is 158 Å². The standard InChI is InChI=1S/C19H26N2O6/c1-19(2,18(24)25)17(23)20-13-7-9-21(10-8-13)16(22)12-5-6-14(26-3)15(11-12)27-4/h5-6,11,13H,7-10H2,1-4H3,(H,20,23)(H,24,25). The van der Waals surface area contributed by atoms with Crippen LogP contribution in [-0.2, 0) is 9.59 Å². The fourth-order valence-corrected chi connectivity index (χ4v) is 2.84. The van der Waals surface area contributed by atoms with Gasteiger partial charge in [-0.2, -0.15) is 0 Å². The van der Waals surface area contributed by atoms with Gasteiger partial charge in [0.25, 0.3) is 5.91 Å². The van der Waals surface area contributed by atoms with E-state index in [0.29, 0.717) is 43.0 Å². The van der Waals surface area contributed by atoms with Gasteiger partial charge in [-0.05, 0) is 44.9 Å². The molecule has 1 aromatic carbocycles. The molecule has 1 fully saturated rings. The number of carboxylic acid groups (broad SMARTS) is 1. The Balaban J connectivity index is 1.96. The smallest absolute Gasteiger partial charge is 0.318 e. The van der Waals surface area contributed by atoms with Gasteiger partial charge < -0.3 is 24.8 Å². The van der Waals surface area contributed by atoms with Crippen LogP contribution in [0.3, 0.4) is 0 Å². The quantitative estimate of drug-likeness (QED) is 0.728. The predicted octanol–water partition coefficient (Wildman–Crippen LogP) is 1.54. The first-order valence-corrected chi connectivity index (χ1v) is 8.76. The van der Waals surface area contributed by atoms with Crippen LogP contribution < -0.4 is 14.8 Å². The molecular weight excluding hydrogens is 352 g/mol. The molecule has 0 radical (unpaired) electrons. The molecule has 0 aromatic heterocycles. The number of carboxylic acids is 1. The number of nitrogens with zero attached hydrogens (tertiary/aromatic N) is 1. The molecule has 8 nitrogen and oxygen atoms in total. The van der Waals surface area contributed by atoms with E-state index in [1.54, 1.807) is 23.1 Å². The number of hydrogen-bond donors (Lipinski definition) is 2. The Morgan fingerprint density at radius 1 is 1.11 bits per heavy atom. The van der Waals surface area contributed by atoms with Crippen LogP contribution in [0.2, 0.25) is 0 Å². The van der Waals surface area contributed by atoms with Crippen LogP contribution in [0.4, 0.5) is 0 Å². The van der Waals surface area contributed by atoms with Gasteiger partial charge in [-0.15, -0.1) is 0 Å². The molecule has 0 saturated carbocycles. The Hall–Kier alpha value is -2.77. The summed E-state index contributed by atoms with van der Waals surface area (Å²) in [5.74, 6) is -0.759. The number of hydrogen-bond acceptors (Lipinski definition) is 5. The summed E-state index contributed by atoms with van der Waals surface area (Å²) in [6, 6.07) is 4.87. The highest BCUT2D eigenvalue weighted by molar-refractivity contribution is 6.01. The van der Waals surface area contributed by atoms with E-state index < -0.39 is 17.3 Å². The average Bonchev–Trinajstić information content (AvgIpc) is 2.67. The van der Waals surface area contributed by atoms with Gasteiger partial charge >= 0.3 is 5.97 Å². The Morgan fingerprint density at radius 3 is 2.22 bits per heavy atom. The molecule has 1 aliphatic heterocycles. The van der Waals surface area contributed by atoms with Crippen molar-refractivity contribution < 1.29 is 29.0 Å². The highest BCUT2D eigenvalue weighted by Gasteiger charge is 2.37. The lowest BCUT2D eigenvalue weighted by molar-refractivity contribution is -0.153. The van der Waals surface area contributed by atoms with Gasteiger partial charge in [0.2, 0.25) is 5.91 Å². The monoisotopic (exact) mass is 378 g/mol. The maximum atomic E-state index is 12.7. The van der Waals surface area contributed by atoms with Crippen molar-refractivity contribution in [2.45, 2.75) is 32.7 Å². The fraction of sp³-hybridized carbons (Fsp3) is 0.526. The Morgan fingerprint density at radius 2 is 1.70 bits per heavy atom. The molecule has 1 aromatic rings. The highest BCUT2D eigenvalue weighted by Crippen LogP contribution is 2.28. The Kier molecular flexibility index (Phi) is 6.30. The molecule has 2 rings (SSSR count). The zero-order valence-electron chi connectivity index (χ0n) is 16.1. The maximum Gasteiger partial charge on any atom is 0.318 e. The number of methoxy groups -OCH3 is 2. The molecule has 0 aliphatic carbocycles. The van der Waals surface area contributed by atoms with E-state index in [1.165, 1.54) is 28.1 Å². The molecule has 0 bridgehead atoms. The van der Waals surface area contributed by atoms with Gasteiger partial charge in [0.1, 0.15) is 5.41 Å². The number of benzene rings is 1. The van der Waals surface area contributed by atoms with Crippen molar-refractivity contribution in [2.24, 2.45) is 5.41 Å². The summed E-state index contributed by atoms with van der Waals surface area (Å²) >= 11 is 0. The first-order chi connectivity index (χ1) is 12.7. The molecule has 1 saturated heterocycles. The largest absolute Gasteiger partial charge is 0.493 e. The second-order valence-corrected chi connectivity index (χ2v) is 7.04. The third-order valence-corrected chi connectivity index (χ3v) is 4.85. The van der Waals surface area contributed by atoms with Crippen LogP contribution in [0.25, 0.3) is 0 Å². The molecule has 148 valence electrons. The third kappa shape index (κ3) is 4.50. The lowest BCUT2D eigenvalue weighted by atomic mass is 9.91. The van der Waals surface area contributed by atoms with Gasteiger partial charge in [-0.25, -0.2) is 0 Å². The lowest BCUT2D eigenvalue weighted by Gasteiger charge is -2.33. The van der Waals surface area contributed by atoms with E-state index in [9.17, 15) is 14.4 Å². The number of carbonyl (C=O) groups excluding carboxylic acids is 2. The second-order valence-electron chi connectivity index (χ2n) is 7.04. The minimum atomic E-state index is -1.48. The first-order valence-electron chi connectivity index (χ1n) is 8.76. The second kappa shape index (κ2) is 8.28. The third-order valence-electron chi connectivity index (χ3n) is 4.85. The van der Waals surface area contributed by atoms with Crippen LogP contribution in [0, 0.1) is 5.41 Å². The minimum Gasteiger partial charge on any atom is -0.493 e. The van der Waals surface area contributed by atoms with Crippen molar-refractivity contribution in [3.8, 4) is 11.5 Å². The van der Waals surface area contributed by atoms with Crippen LogP contribution in [-0.4, -0.2) is 61.1 Å². The number of ether oxygens (including phenoxy) is 2. The predicted molar refractivity (Wildman–Crippen MR) is 98.0 cm³/mol. The normalized spacial score (nSPS) is 15.2. The molecule has 0 atom stereocenters. The number of carbonyl (C=O) groups is 3. The van der Waals surface area contributed by atoms with E-state index in [1.807, 2.05) is 0 Å². The molecule has 2 amide bonds. The number of likely N-dealkylation sites (tertiary alicyclic amines) is 1. The van der Waals surface area contributed by atoms with E-state index in [2.05, 4.69) is 5.32 Å². The summed E-state index contributed by atoms with van der Waals surface area (Å²) in [6.45, 7) is 3.71. The SMILES string of the molecule is COc1ccc(C(=O)N2CCC(NC(=O)C(C)(C)C(=O)O)CC2)cc1OC. The van der Waals surface area contributed by atoms with Crippen LogP contribution >= 0.6 is 0 Å². The summed E-state index contributed by atoms with van der Waals surface area (Å²) in [5, 5.41) is 11.9. The summed E-state index contributed by atoms with van der Waals surface area (Å²) in [6.07, 6.45) is 1.14. The molecule has 1 heterocycles. The molecule has 27 heavy (non-hydrogen) atoms. The summed E-state index contributed by atoms with van der Waals surface area (Å²) < 4.78 is 10.4. The van der Waals surface area contributed by atoms with Gasteiger partial charge in [0, 0.05) is 24.7 Å². The lowest BCUT2D eigenvalue weighted by Crippen LogP contribution is -2.51.